The summed E-state index contributed by atoms with van der Waals surface area (Å²) < 4.78 is 0. The molecule has 0 rings (SSSR count). The second kappa shape index (κ2) is 16.1. The summed E-state index contributed by atoms with van der Waals surface area (Å²) in [6.07, 6.45) is -5.88. The Labute approximate surface area is 193 Å². The summed E-state index contributed by atoms with van der Waals surface area (Å²) in [4.78, 5) is 59.7. The van der Waals surface area contributed by atoms with Crippen LogP contribution in [0.4, 0.5) is 0 Å². The molecule has 0 atom stereocenters. The second-order valence-corrected chi connectivity index (χ2v) is 4.76. The Bertz CT molecular complexity index is 521. The van der Waals surface area contributed by atoms with Crippen LogP contribution in [-0.4, -0.2) is 47.0 Å². The minimum atomic E-state index is -3.22. The molecule has 0 fully saturated rings. The molecule has 0 spiro atoms. The van der Waals surface area contributed by atoms with Crippen molar-refractivity contribution in [3.8, 4) is 0 Å². The normalized spacial score (nSPS) is 9.72. The number of hydrogen-bond donors (Lipinski definition) is 0. The van der Waals surface area contributed by atoms with Crippen molar-refractivity contribution < 1.29 is 121 Å². The number of hydrogen-bond acceptors (Lipinski definition) is 14. The number of carbonyl (C=O) groups excluding carboxylic acids is 6. The van der Waals surface area contributed by atoms with Gasteiger partial charge in [-0.05, 0) is 25.7 Å². The average molecular weight is 567 g/mol. The van der Waals surface area contributed by atoms with E-state index < -0.39 is 72.7 Å². The van der Waals surface area contributed by atoms with Gasteiger partial charge in [-0.1, -0.05) is 11.2 Å². The van der Waals surface area contributed by atoms with E-state index in [4.69, 9.17) is 0 Å². The third-order valence-corrected chi connectivity index (χ3v) is 2.46. The summed E-state index contributed by atoms with van der Waals surface area (Å²) in [5, 5.41) is 81.6. The van der Waals surface area contributed by atoms with E-state index in [2.05, 4.69) is 0 Å². The first kappa shape index (κ1) is 38.0. The molecule has 14 nitrogen and oxygen atoms in total. The first-order chi connectivity index (χ1) is 11.6. The summed E-state index contributed by atoms with van der Waals surface area (Å²) in [6.45, 7) is 0. The SMILES string of the molecule is O=C([O-])CC([O-])(CC(=O)[O-])C(=O)[O-].O=C([O-])CC([O-])(CC(=O)[O-])C(=O)[O-].[Cu+2].[Cu+2].[Cu+2]. The van der Waals surface area contributed by atoms with Gasteiger partial charge >= 0.3 is 51.2 Å². The van der Waals surface area contributed by atoms with E-state index in [-0.39, 0.29) is 51.2 Å². The van der Waals surface area contributed by atoms with Gasteiger partial charge < -0.3 is 69.6 Å². The molecule has 0 aromatic heterocycles. The van der Waals surface area contributed by atoms with Crippen LogP contribution < -0.4 is 40.9 Å². The largest absolute Gasteiger partial charge is 2.00 e. The topological polar surface area (TPSA) is 287 Å². The van der Waals surface area contributed by atoms with Crippen molar-refractivity contribution >= 4 is 35.8 Å². The van der Waals surface area contributed by atoms with Crippen LogP contribution in [0.15, 0.2) is 0 Å². The minimum absolute atomic E-state index is 0. The molecule has 29 heavy (non-hydrogen) atoms. The fourth-order valence-electron chi connectivity index (χ4n) is 1.35. The molecule has 0 heterocycles. The maximum Gasteiger partial charge on any atom is 2.00 e. The van der Waals surface area contributed by atoms with Crippen molar-refractivity contribution in [3.63, 3.8) is 0 Å². The molecule has 175 valence electrons. The maximum atomic E-state index is 10.9. The van der Waals surface area contributed by atoms with Crippen molar-refractivity contribution in [3.05, 3.63) is 0 Å². The first-order valence-corrected chi connectivity index (χ1v) is 6.19. The van der Waals surface area contributed by atoms with Gasteiger partial charge in [0.25, 0.3) is 0 Å². The van der Waals surface area contributed by atoms with Crippen LogP contribution in [0.5, 0.6) is 0 Å². The zero-order valence-electron chi connectivity index (χ0n) is 13.4. The van der Waals surface area contributed by atoms with Gasteiger partial charge in [0.05, 0.1) is 0 Å². The first-order valence-electron chi connectivity index (χ1n) is 6.19. The zero-order valence-corrected chi connectivity index (χ0v) is 16.3. The van der Waals surface area contributed by atoms with E-state index in [0.717, 1.165) is 0 Å². The molecule has 0 aliphatic carbocycles. The standard InChI is InChI=1S/2C6H7O7.3Cu/c2*7-3(8)1-6(13,5(11)12)2-4(9)10;;;/h2*1-2H2,(H,7,8)(H,9,10)(H,11,12);;;/q2*-1;3*+2/p-6. The molecule has 0 aromatic rings. The van der Waals surface area contributed by atoms with Crippen molar-refractivity contribution in [1.29, 1.82) is 0 Å². The second-order valence-electron chi connectivity index (χ2n) is 4.76. The Hall–Kier alpha value is -1.70. The molecular weight excluding hydrogens is 559 g/mol. The van der Waals surface area contributed by atoms with Crippen LogP contribution >= 0.6 is 0 Å². The number of carboxylic acids is 6. The Balaban J connectivity index is -0.000000120. The molecule has 0 saturated heterocycles. The number of carbonyl (C=O) groups is 6. The quantitative estimate of drug-likeness (QED) is 0.222. The van der Waals surface area contributed by atoms with Crippen LogP contribution in [0, 0.1) is 0 Å². The van der Waals surface area contributed by atoms with Gasteiger partial charge in [-0.3, -0.25) is 0 Å². The summed E-state index contributed by atoms with van der Waals surface area (Å²) in [5.41, 5.74) is -6.45. The molecule has 0 aliphatic heterocycles. The third kappa shape index (κ3) is 16.9. The van der Waals surface area contributed by atoms with Crippen molar-refractivity contribution in [2.45, 2.75) is 36.9 Å². The van der Waals surface area contributed by atoms with E-state index in [1.165, 1.54) is 0 Å². The monoisotopic (exact) mass is 565 g/mol. The van der Waals surface area contributed by atoms with Crippen LogP contribution in [-0.2, 0) is 80.0 Å². The van der Waals surface area contributed by atoms with Gasteiger partial charge in [0.1, 0.15) is 0 Å². The van der Waals surface area contributed by atoms with Crippen molar-refractivity contribution in [2.75, 3.05) is 0 Å². The third-order valence-electron chi connectivity index (χ3n) is 2.46. The van der Waals surface area contributed by atoms with Gasteiger partial charge in [-0.2, -0.15) is 0 Å². The molecule has 0 N–H and O–H groups in total. The number of carboxylic acid groups (broad SMARTS) is 6. The van der Waals surface area contributed by atoms with Crippen LogP contribution in [0.2, 0.25) is 0 Å². The van der Waals surface area contributed by atoms with Crippen LogP contribution in [0.1, 0.15) is 25.7 Å². The van der Waals surface area contributed by atoms with Crippen LogP contribution in [0.3, 0.4) is 0 Å². The molecule has 0 saturated carbocycles. The summed E-state index contributed by atoms with van der Waals surface area (Å²) in [5.74, 6) is -12.4. The Morgan fingerprint density at radius 2 is 0.586 bits per heavy atom. The Morgan fingerprint density at radius 3 is 0.655 bits per heavy atom. The Kier molecular flexibility index (Phi) is 21.1. The molecular formula is C12H8Cu3O14-2. The van der Waals surface area contributed by atoms with Gasteiger partial charge in [0, 0.05) is 35.8 Å². The number of rotatable bonds is 10. The van der Waals surface area contributed by atoms with E-state index in [1.54, 1.807) is 0 Å². The van der Waals surface area contributed by atoms with Crippen LogP contribution in [0.25, 0.3) is 0 Å². The number of aliphatic carboxylic acids is 6. The van der Waals surface area contributed by atoms with Crippen molar-refractivity contribution in [2.24, 2.45) is 0 Å². The summed E-state index contributed by atoms with van der Waals surface area (Å²) in [6, 6.07) is 0. The predicted octanol–water partition coefficient (Wildman–Crippen LogP) is -11.8. The smallest absolute Gasteiger partial charge is 0.845 e. The molecule has 3 radical (unpaired) electrons. The predicted molar refractivity (Wildman–Crippen MR) is 54.0 cm³/mol. The van der Waals surface area contributed by atoms with Gasteiger partial charge in [0.15, 0.2) is 0 Å². The van der Waals surface area contributed by atoms with Gasteiger partial charge in [-0.25, -0.2) is 0 Å². The van der Waals surface area contributed by atoms with E-state index in [1.807, 2.05) is 0 Å². The average Bonchev–Trinajstić information content (AvgIpc) is 2.34. The Morgan fingerprint density at radius 1 is 0.448 bits per heavy atom. The molecule has 0 bridgehead atoms. The van der Waals surface area contributed by atoms with Gasteiger partial charge in [-0.15, -0.1) is 0 Å². The molecule has 0 unspecified atom stereocenters. The van der Waals surface area contributed by atoms with E-state index in [9.17, 15) is 69.6 Å². The fraction of sp³-hybridized carbons (Fsp3) is 0.500. The molecule has 0 amide bonds. The van der Waals surface area contributed by atoms with E-state index >= 15 is 0 Å². The summed E-state index contributed by atoms with van der Waals surface area (Å²) >= 11 is 0. The minimum Gasteiger partial charge on any atom is -0.845 e. The van der Waals surface area contributed by atoms with Crippen molar-refractivity contribution in [1.82, 2.24) is 0 Å². The van der Waals surface area contributed by atoms with Gasteiger partial charge in [0.2, 0.25) is 0 Å². The molecule has 17 heteroatoms. The fourth-order valence-corrected chi connectivity index (χ4v) is 1.35. The zero-order chi connectivity index (χ0) is 21.3. The maximum absolute atomic E-state index is 10.9. The van der Waals surface area contributed by atoms with E-state index in [0.29, 0.717) is 0 Å². The molecule has 0 aromatic carbocycles. The summed E-state index contributed by atoms with van der Waals surface area (Å²) in [7, 11) is 0. The molecule has 0 aliphatic rings.